The third-order valence-electron chi connectivity index (χ3n) is 3.50. The van der Waals surface area contributed by atoms with Crippen molar-refractivity contribution >= 4 is 23.2 Å². The Bertz CT molecular complexity index is 638. The Morgan fingerprint density at radius 1 is 0.950 bits per heavy atom. The Morgan fingerprint density at radius 2 is 1.75 bits per heavy atom. The van der Waals surface area contributed by atoms with E-state index in [1.807, 2.05) is 0 Å². The SMILES string of the molecule is Fc1cc(Cl)cc(-c2nc(Cl)c3c(n2)CCCCC3)c1. The predicted octanol–water partition coefficient (Wildman–Crippen LogP) is 4.86. The Labute approximate surface area is 127 Å². The van der Waals surface area contributed by atoms with E-state index in [0.29, 0.717) is 21.6 Å². The maximum Gasteiger partial charge on any atom is 0.161 e. The molecule has 0 amide bonds. The summed E-state index contributed by atoms with van der Waals surface area (Å²) in [6, 6.07) is 4.29. The average Bonchev–Trinajstić information content (AvgIpc) is 2.63. The van der Waals surface area contributed by atoms with E-state index in [9.17, 15) is 4.39 Å². The highest BCUT2D eigenvalue weighted by Gasteiger charge is 2.16. The normalized spacial score (nSPS) is 14.8. The van der Waals surface area contributed by atoms with Crippen LogP contribution in [0.2, 0.25) is 10.2 Å². The van der Waals surface area contributed by atoms with Crippen LogP contribution in [-0.4, -0.2) is 9.97 Å². The Balaban J connectivity index is 2.10. The summed E-state index contributed by atoms with van der Waals surface area (Å²) in [4.78, 5) is 8.88. The molecule has 1 heterocycles. The first-order valence-electron chi connectivity index (χ1n) is 6.65. The topological polar surface area (TPSA) is 25.8 Å². The first kappa shape index (κ1) is 13.8. The van der Waals surface area contributed by atoms with Crippen LogP contribution in [0.25, 0.3) is 11.4 Å². The molecule has 1 aliphatic carbocycles. The summed E-state index contributed by atoms with van der Waals surface area (Å²) < 4.78 is 13.4. The fourth-order valence-electron chi connectivity index (χ4n) is 2.54. The molecule has 0 aliphatic heterocycles. The van der Waals surface area contributed by atoms with Crippen LogP contribution in [-0.2, 0) is 12.8 Å². The van der Waals surface area contributed by atoms with Crippen molar-refractivity contribution in [2.45, 2.75) is 32.1 Å². The molecule has 0 radical (unpaired) electrons. The quantitative estimate of drug-likeness (QED) is 0.555. The van der Waals surface area contributed by atoms with Crippen LogP contribution < -0.4 is 0 Å². The predicted molar refractivity (Wildman–Crippen MR) is 78.7 cm³/mol. The number of benzene rings is 1. The summed E-state index contributed by atoms with van der Waals surface area (Å²) >= 11 is 12.2. The molecule has 0 atom stereocenters. The highest BCUT2D eigenvalue weighted by atomic mass is 35.5. The highest BCUT2D eigenvalue weighted by Crippen LogP contribution is 2.29. The number of hydrogen-bond acceptors (Lipinski definition) is 2. The van der Waals surface area contributed by atoms with Gasteiger partial charge in [-0.1, -0.05) is 29.6 Å². The number of fused-ring (bicyclic) bond motifs is 1. The smallest absolute Gasteiger partial charge is 0.161 e. The zero-order chi connectivity index (χ0) is 14.1. The molecule has 2 nitrogen and oxygen atoms in total. The lowest BCUT2D eigenvalue weighted by Crippen LogP contribution is -2.02. The van der Waals surface area contributed by atoms with Crippen molar-refractivity contribution in [3.05, 3.63) is 45.4 Å². The molecule has 0 N–H and O–H groups in total. The van der Waals surface area contributed by atoms with Gasteiger partial charge in [-0.3, -0.25) is 0 Å². The number of halogens is 3. The molecule has 1 aromatic carbocycles. The molecule has 20 heavy (non-hydrogen) atoms. The molecular weight excluding hydrogens is 298 g/mol. The maximum atomic E-state index is 13.4. The second-order valence-electron chi connectivity index (χ2n) is 4.98. The monoisotopic (exact) mass is 310 g/mol. The summed E-state index contributed by atoms with van der Waals surface area (Å²) in [5, 5.41) is 0.807. The molecule has 3 rings (SSSR count). The molecule has 2 aromatic rings. The molecular formula is C15H13Cl2FN2. The van der Waals surface area contributed by atoms with Crippen molar-refractivity contribution in [1.29, 1.82) is 0 Å². The number of aromatic nitrogens is 2. The van der Waals surface area contributed by atoms with E-state index in [0.717, 1.165) is 36.9 Å². The molecule has 1 aromatic heterocycles. The van der Waals surface area contributed by atoms with Crippen LogP contribution in [0.4, 0.5) is 4.39 Å². The summed E-state index contributed by atoms with van der Waals surface area (Å²) in [5.41, 5.74) is 2.58. The van der Waals surface area contributed by atoms with Crippen LogP contribution in [0, 0.1) is 5.82 Å². The second kappa shape index (κ2) is 5.66. The van der Waals surface area contributed by atoms with Crippen molar-refractivity contribution in [2.24, 2.45) is 0 Å². The van der Waals surface area contributed by atoms with Gasteiger partial charge in [0.2, 0.25) is 0 Å². The van der Waals surface area contributed by atoms with Crippen molar-refractivity contribution < 1.29 is 4.39 Å². The molecule has 1 aliphatic rings. The first-order valence-corrected chi connectivity index (χ1v) is 7.41. The van der Waals surface area contributed by atoms with Gasteiger partial charge in [-0.15, -0.1) is 0 Å². The fraction of sp³-hybridized carbons (Fsp3) is 0.333. The van der Waals surface area contributed by atoms with E-state index < -0.39 is 5.82 Å². The Kier molecular flexibility index (Phi) is 3.90. The molecule has 0 fully saturated rings. The van der Waals surface area contributed by atoms with E-state index in [4.69, 9.17) is 23.2 Å². The van der Waals surface area contributed by atoms with Crippen molar-refractivity contribution in [3.8, 4) is 11.4 Å². The van der Waals surface area contributed by atoms with Crippen LogP contribution in [0.5, 0.6) is 0 Å². The minimum Gasteiger partial charge on any atom is -0.233 e. The molecule has 0 unspecified atom stereocenters. The van der Waals surface area contributed by atoms with Gasteiger partial charge < -0.3 is 0 Å². The van der Waals surface area contributed by atoms with Crippen molar-refractivity contribution in [3.63, 3.8) is 0 Å². The summed E-state index contributed by atoms with van der Waals surface area (Å²) in [6.45, 7) is 0. The lowest BCUT2D eigenvalue weighted by molar-refractivity contribution is 0.628. The lowest BCUT2D eigenvalue weighted by atomic mass is 10.1. The first-order chi connectivity index (χ1) is 9.63. The van der Waals surface area contributed by atoms with E-state index in [1.165, 1.54) is 18.6 Å². The van der Waals surface area contributed by atoms with Crippen LogP contribution in [0.1, 0.15) is 30.5 Å². The minimum absolute atomic E-state index is 0.328. The van der Waals surface area contributed by atoms with E-state index in [-0.39, 0.29) is 0 Å². The summed E-state index contributed by atoms with van der Waals surface area (Å²) in [7, 11) is 0. The maximum absolute atomic E-state index is 13.4. The average molecular weight is 311 g/mol. The van der Waals surface area contributed by atoms with E-state index in [1.54, 1.807) is 6.07 Å². The van der Waals surface area contributed by atoms with Gasteiger partial charge in [0.15, 0.2) is 5.82 Å². The summed E-state index contributed by atoms with van der Waals surface area (Å²) in [6.07, 6.45) is 5.20. The zero-order valence-electron chi connectivity index (χ0n) is 10.8. The van der Waals surface area contributed by atoms with Gasteiger partial charge >= 0.3 is 0 Å². The van der Waals surface area contributed by atoms with Gasteiger partial charge in [0, 0.05) is 21.8 Å². The number of rotatable bonds is 1. The lowest BCUT2D eigenvalue weighted by Gasteiger charge is -2.10. The minimum atomic E-state index is -0.401. The van der Waals surface area contributed by atoms with Gasteiger partial charge in [-0.25, -0.2) is 14.4 Å². The van der Waals surface area contributed by atoms with E-state index >= 15 is 0 Å². The number of nitrogens with zero attached hydrogens (tertiary/aromatic N) is 2. The number of aryl methyl sites for hydroxylation is 1. The largest absolute Gasteiger partial charge is 0.233 e. The van der Waals surface area contributed by atoms with Crippen LogP contribution >= 0.6 is 23.2 Å². The number of hydrogen-bond donors (Lipinski definition) is 0. The molecule has 104 valence electrons. The third kappa shape index (κ3) is 2.79. The highest BCUT2D eigenvalue weighted by molar-refractivity contribution is 6.31. The zero-order valence-corrected chi connectivity index (χ0v) is 12.3. The van der Waals surface area contributed by atoms with Crippen LogP contribution in [0.3, 0.4) is 0 Å². The molecule has 5 heteroatoms. The molecule has 0 saturated heterocycles. The van der Waals surface area contributed by atoms with Crippen molar-refractivity contribution in [2.75, 3.05) is 0 Å². The third-order valence-corrected chi connectivity index (χ3v) is 4.03. The van der Waals surface area contributed by atoms with E-state index in [2.05, 4.69) is 9.97 Å². The molecule has 0 spiro atoms. The fourth-order valence-corrected chi connectivity index (χ4v) is 3.04. The molecule has 0 bridgehead atoms. The van der Waals surface area contributed by atoms with Crippen LogP contribution in [0.15, 0.2) is 18.2 Å². The van der Waals surface area contributed by atoms with Gasteiger partial charge in [0.1, 0.15) is 11.0 Å². The Hall–Kier alpha value is -1.19. The molecule has 0 saturated carbocycles. The van der Waals surface area contributed by atoms with Crippen molar-refractivity contribution in [1.82, 2.24) is 9.97 Å². The second-order valence-corrected chi connectivity index (χ2v) is 5.78. The standard InChI is InChI=1S/C15H13Cl2FN2/c16-10-6-9(7-11(18)8-10)15-19-13-5-3-1-2-4-12(13)14(17)20-15/h6-8H,1-5H2. The Morgan fingerprint density at radius 3 is 2.55 bits per heavy atom. The van der Waals surface area contributed by atoms with Gasteiger partial charge in [0.05, 0.1) is 0 Å². The van der Waals surface area contributed by atoms with Gasteiger partial charge in [-0.05, 0) is 43.9 Å². The van der Waals surface area contributed by atoms with Gasteiger partial charge in [0.25, 0.3) is 0 Å². The van der Waals surface area contributed by atoms with Gasteiger partial charge in [-0.2, -0.15) is 0 Å². The summed E-state index contributed by atoms with van der Waals surface area (Å²) in [5.74, 6) is 0.0409.